The van der Waals surface area contributed by atoms with Crippen LogP contribution >= 0.6 is 23.1 Å². The number of para-hydroxylation sites is 1. The average molecular weight is 552 g/mol. The van der Waals surface area contributed by atoms with Crippen LogP contribution < -0.4 is 15.1 Å². The van der Waals surface area contributed by atoms with Crippen molar-refractivity contribution in [3.63, 3.8) is 0 Å². The first kappa shape index (κ1) is 25.9. The zero-order chi connectivity index (χ0) is 27.2. The molecule has 3 aromatic rings. The molecule has 0 unspecified atom stereocenters. The highest BCUT2D eigenvalue weighted by Gasteiger charge is 2.59. The second-order valence-electron chi connectivity index (χ2n) is 9.52. The molecule has 1 N–H and O–H groups in total. The molecule has 0 bridgehead atoms. The van der Waals surface area contributed by atoms with Crippen molar-refractivity contribution < 1.29 is 23.9 Å². The van der Waals surface area contributed by atoms with Gasteiger partial charge in [-0.3, -0.25) is 23.7 Å². The zero-order valence-corrected chi connectivity index (χ0v) is 22.6. The van der Waals surface area contributed by atoms with Crippen LogP contribution in [-0.2, 0) is 31.1 Å². The van der Waals surface area contributed by atoms with Crippen LogP contribution in [-0.4, -0.2) is 40.1 Å². The van der Waals surface area contributed by atoms with Gasteiger partial charge in [-0.25, -0.2) is 9.69 Å². The van der Waals surface area contributed by atoms with Crippen LogP contribution in [0.3, 0.4) is 0 Å². The largest absolute Gasteiger partial charge is 0.462 e. The van der Waals surface area contributed by atoms with Crippen LogP contribution in [0.5, 0.6) is 0 Å². The number of imide groups is 1. The molecule has 1 saturated heterocycles. The molecule has 2 atom stereocenters. The van der Waals surface area contributed by atoms with Crippen molar-refractivity contribution in [2.45, 2.75) is 43.0 Å². The summed E-state index contributed by atoms with van der Waals surface area (Å²) < 4.78 is 6.33. The van der Waals surface area contributed by atoms with Crippen LogP contribution in [0.2, 0.25) is 0 Å². The molecular weight excluding hydrogens is 526 g/mol. The Bertz CT molecular complexity index is 1490. The van der Waals surface area contributed by atoms with E-state index in [1.165, 1.54) is 21.2 Å². The Morgan fingerprint density at radius 2 is 1.68 bits per heavy atom. The molecule has 2 aliphatic rings. The Hall–Kier alpha value is -3.70. The highest BCUT2D eigenvalue weighted by molar-refractivity contribution is 8.00. The number of rotatable bonds is 6. The smallest absolute Gasteiger partial charge is 0.338 e. The summed E-state index contributed by atoms with van der Waals surface area (Å²) in [6, 6.07) is 15.1. The minimum atomic E-state index is -0.782. The molecule has 9 nitrogen and oxygen atoms in total. The Morgan fingerprint density at radius 3 is 2.34 bits per heavy atom. The molecule has 0 aliphatic carbocycles. The number of aromatic nitrogens is 1. The van der Waals surface area contributed by atoms with Crippen molar-refractivity contribution >= 4 is 58.2 Å². The van der Waals surface area contributed by atoms with Gasteiger partial charge in [-0.05, 0) is 43.3 Å². The molecule has 2 aliphatic heterocycles. The van der Waals surface area contributed by atoms with Gasteiger partial charge in [-0.2, -0.15) is 0 Å². The summed E-state index contributed by atoms with van der Waals surface area (Å²) in [5.74, 6) is -2.13. The third kappa shape index (κ3) is 4.35. The number of ether oxygens (including phenoxy) is 1. The number of nitrogens with zero attached hydrogens (tertiary/aromatic N) is 2. The van der Waals surface area contributed by atoms with Gasteiger partial charge in [-0.15, -0.1) is 0 Å². The van der Waals surface area contributed by atoms with Crippen molar-refractivity contribution in [3.05, 3.63) is 74.7 Å². The summed E-state index contributed by atoms with van der Waals surface area (Å²) >= 11 is 2.18. The number of anilines is 2. The lowest BCUT2D eigenvalue weighted by Gasteiger charge is -2.36. The first-order chi connectivity index (χ1) is 18.1. The quantitative estimate of drug-likeness (QED) is 0.367. The molecule has 196 valence electrons. The lowest BCUT2D eigenvalue weighted by Crippen LogP contribution is -2.41. The van der Waals surface area contributed by atoms with Gasteiger partial charge in [0.15, 0.2) is 0 Å². The molecule has 1 aromatic heterocycles. The van der Waals surface area contributed by atoms with E-state index in [1.807, 2.05) is 19.9 Å². The number of nitrogens with one attached hydrogen (secondary N) is 1. The Balaban J connectivity index is 1.39. The SMILES string of the molecule is CCOC(=O)c1ccc(NC(=O)Cn2c3c(sc2=O)C(C)(C)[C@H]2C(=O)N(c4ccccc4)C(=O)[C@H]2S3)cc1. The lowest BCUT2D eigenvalue weighted by molar-refractivity contribution is -0.123. The molecule has 11 heteroatoms. The average Bonchev–Trinajstić information content (AvgIpc) is 3.34. The van der Waals surface area contributed by atoms with Crippen LogP contribution in [0, 0.1) is 5.92 Å². The van der Waals surface area contributed by atoms with E-state index in [2.05, 4.69) is 5.32 Å². The number of carbonyl (C=O) groups excluding carboxylic acids is 4. The summed E-state index contributed by atoms with van der Waals surface area (Å²) in [6.07, 6.45) is 0. The maximum Gasteiger partial charge on any atom is 0.338 e. The topological polar surface area (TPSA) is 115 Å². The molecule has 2 aromatic carbocycles. The van der Waals surface area contributed by atoms with Crippen molar-refractivity contribution in [1.82, 2.24) is 4.57 Å². The maximum absolute atomic E-state index is 13.5. The molecular formula is C27H25N3O6S2. The van der Waals surface area contributed by atoms with Crippen molar-refractivity contribution in [3.8, 4) is 0 Å². The second-order valence-corrected chi connectivity index (χ2v) is 11.6. The summed E-state index contributed by atoms with van der Waals surface area (Å²) in [4.78, 5) is 66.2. The summed E-state index contributed by atoms with van der Waals surface area (Å²) in [7, 11) is 0. The molecule has 5 rings (SSSR count). The number of benzene rings is 2. The Kier molecular flexibility index (Phi) is 6.74. The Labute approximate surface area is 226 Å². The third-order valence-corrected chi connectivity index (χ3v) is 9.52. The van der Waals surface area contributed by atoms with Gasteiger partial charge in [0.2, 0.25) is 17.7 Å². The molecule has 0 saturated carbocycles. The van der Waals surface area contributed by atoms with Gasteiger partial charge in [0.25, 0.3) is 0 Å². The molecule has 0 radical (unpaired) electrons. The van der Waals surface area contributed by atoms with Gasteiger partial charge >= 0.3 is 10.8 Å². The van der Waals surface area contributed by atoms with Crippen molar-refractivity contribution in [2.24, 2.45) is 5.92 Å². The third-order valence-electron chi connectivity index (χ3n) is 6.70. The van der Waals surface area contributed by atoms with Crippen LogP contribution in [0.25, 0.3) is 0 Å². The van der Waals surface area contributed by atoms with E-state index < -0.39 is 28.5 Å². The number of hydrogen-bond donors (Lipinski definition) is 1. The molecule has 38 heavy (non-hydrogen) atoms. The van der Waals surface area contributed by atoms with E-state index in [-0.39, 0.29) is 29.8 Å². The van der Waals surface area contributed by atoms with E-state index >= 15 is 0 Å². The fourth-order valence-electron chi connectivity index (χ4n) is 4.85. The number of thioether (sulfide) groups is 1. The van der Waals surface area contributed by atoms with Crippen LogP contribution in [0.1, 0.15) is 36.0 Å². The van der Waals surface area contributed by atoms with Gasteiger partial charge < -0.3 is 10.1 Å². The number of thiazole rings is 1. The van der Waals surface area contributed by atoms with Crippen molar-refractivity contribution in [2.75, 3.05) is 16.8 Å². The molecule has 3 heterocycles. The second kappa shape index (κ2) is 9.88. The number of hydrogen-bond acceptors (Lipinski definition) is 8. The van der Waals surface area contributed by atoms with E-state index in [0.717, 1.165) is 11.3 Å². The minimum Gasteiger partial charge on any atom is -0.462 e. The number of amides is 3. The maximum atomic E-state index is 13.5. The summed E-state index contributed by atoms with van der Waals surface area (Å²) in [5.41, 5.74) is 0.558. The molecule has 1 fully saturated rings. The molecule has 0 spiro atoms. The summed E-state index contributed by atoms with van der Waals surface area (Å²) in [6.45, 7) is 5.46. The van der Waals surface area contributed by atoms with Crippen LogP contribution in [0.4, 0.5) is 11.4 Å². The standard InChI is InChI=1S/C27H25N3O6S2/c1-4-36-25(34)15-10-12-16(13-11-15)28-18(31)14-29-24-21(38-26(29)35)27(2,3)19-20(37-24)23(33)30(22(19)32)17-8-6-5-7-9-17/h5-13,19-20H,4,14H2,1-3H3,(H,28,31)/t19-,20+/m1/s1. The van der Waals surface area contributed by atoms with Gasteiger partial charge in [0.1, 0.15) is 11.8 Å². The fourth-order valence-corrected chi connectivity index (χ4v) is 7.89. The van der Waals surface area contributed by atoms with Gasteiger partial charge in [-0.1, -0.05) is 55.1 Å². The number of carbonyl (C=O) groups is 4. The minimum absolute atomic E-state index is 0.255. The monoisotopic (exact) mass is 551 g/mol. The van der Waals surface area contributed by atoms with E-state index in [4.69, 9.17) is 4.74 Å². The van der Waals surface area contributed by atoms with Gasteiger partial charge in [0, 0.05) is 16.0 Å². The predicted molar refractivity (Wildman–Crippen MR) is 145 cm³/mol. The van der Waals surface area contributed by atoms with Gasteiger partial charge in [0.05, 0.1) is 28.8 Å². The van der Waals surface area contributed by atoms with E-state index in [9.17, 15) is 24.0 Å². The fraction of sp³-hybridized carbons (Fsp3) is 0.296. The predicted octanol–water partition coefficient (Wildman–Crippen LogP) is 3.67. The van der Waals surface area contributed by atoms with Crippen molar-refractivity contribution in [1.29, 1.82) is 0 Å². The summed E-state index contributed by atoms with van der Waals surface area (Å²) in [5, 5.41) is 2.57. The first-order valence-corrected chi connectivity index (χ1v) is 13.7. The number of fused-ring (bicyclic) bond motifs is 2. The zero-order valence-electron chi connectivity index (χ0n) is 20.9. The highest BCUT2D eigenvalue weighted by Crippen LogP contribution is 2.54. The Morgan fingerprint density at radius 1 is 1.00 bits per heavy atom. The highest BCUT2D eigenvalue weighted by atomic mass is 32.2. The number of esters is 1. The van der Waals surface area contributed by atoms with E-state index in [0.29, 0.717) is 26.8 Å². The van der Waals surface area contributed by atoms with E-state index in [1.54, 1.807) is 55.5 Å². The lowest BCUT2D eigenvalue weighted by atomic mass is 9.76. The van der Waals surface area contributed by atoms with Crippen LogP contribution in [0.15, 0.2) is 64.4 Å². The normalized spacial score (nSPS) is 19.6. The molecule has 3 amide bonds. The first-order valence-electron chi connectivity index (χ1n) is 12.0.